The second kappa shape index (κ2) is 5.42. The van der Waals surface area contributed by atoms with Gasteiger partial charge in [-0.2, -0.15) is 0 Å². The van der Waals surface area contributed by atoms with E-state index in [-0.39, 0.29) is 18.0 Å². The molecule has 0 aliphatic rings. The van der Waals surface area contributed by atoms with Crippen LogP contribution in [0.2, 0.25) is 0 Å². The van der Waals surface area contributed by atoms with Gasteiger partial charge in [0.05, 0.1) is 11.7 Å². The summed E-state index contributed by atoms with van der Waals surface area (Å²) in [4.78, 5) is 22.8. The van der Waals surface area contributed by atoms with Crippen LogP contribution in [0.1, 0.15) is 34.6 Å². The van der Waals surface area contributed by atoms with Crippen LogP contribution in [-0.2, 0) is 4.74 Å². The van der Waals surface area contributed by atoms with E-state index in [0.29, 0.717) is 5.56 Å². The zero-order valence-corrected chi connectivity index (χ0v) is 9.27. The lowest BCUT2D eigenvalue weighted by molar-refractivity contribution is 0.0295. The fourth-order valence-electron chi connectivity index (χ4n) is 1.24. The minimum Gasteiger partial charge on any atom is -0.459 e. The van der Waals surface area contributed by atoms with E-state index in [2.05, 4.69) is 0 Å². The van der Waals surface area contributed by atoms with E-state index in [9.17, 15) is 9.59 Å². The summed E-state index contributed by atoms with van der Waals surface area (Å²) >= 11 is 0. The average Bonchev–Trinajstić information content (AvgIpc) is 2.25. The molecule has 0 bridgehead atoms. The van der Waals surface area contributed by atoms with Gasteiger partial charge in [0.1, 0.15) is 6.61 Å². The van der Waals surface area contributed by atoms with Crippen molar-refractivity contribution in [3.05, 3.63) is 35.4 Å². The normalized spacial score (nSPS) is 11.9. The van der Waals surface area contributed by atoms with Crippen LogP contribution in [0.15, 0.2) is 24.3 Å². The molecule has 86 valence electrons. The summed E-state index contributed by atoms with van der Waals surface area (Å²) < 4.78 is 4.84. The zero-order chi connectivity index (χ0) is 12.1. The third kappa shape index (κ3) is 3.17. The lowest BCUT2D eigenvalue weighted by Crippen LogP contribution is -2.17. The summed E-state index contributed by atoms with van der Waals surface area (Å²) in [6, 6.07) is 6.44. The third-order valence-corrected chi connectivity index (χ3v) is 1.98. The maximum absolute atomic E-state index is 11.6. The number of hydrogen-bond acceptors (Lipinski definition) is 4. The van der Waals surface area contributed by atoms with E-state index in [0.717, 1.165) is 0 Å². The highest BCUT2D eigenvalue weighted by Crippen LogP contribution is 2.11. The SMILES string of the molecule is CC(=O)c1ccccc1C(=O)OCC(C)O. The molecule has 0 aliphatic carbocycles. The van der Waals surface area contributed by atoms with E-state index in [4.69, 9.17) is 9.84 Å². The van der Waals surface area contributed by atoms with Gasteiger partial charge in [-0.15, -0.1) is 0 Å². The maximum atomic E-state index is 11.6. The molecular weight excluding hydrogens is 208 g/mol. The Morgan fingerprint density at radius 3 is 2.38 bits per heavy atom. The molecule has 1 rings (SSSR count). The molecule has 1 aromatic carbocycles. The Bertz CT molecular complexity index is 396. The molecule has 0 heterocycles. The van der Waals surface area contributed by atoms with E-state index < -0.39 is 12.1 Å². The number of carbonyl (C=O) groups excluding carboxylic acids is 2. The lowest BCUT2D eigenvalue weighted by atomic mass is 10.0. The molecule has 0 spiro atoms. The van der Waals surface area contributed by atoms with Gasteiger partial charge in [-0.1, -0.05) is 18.2 Å². The molecule has 0 amide bonds. The number of Topliss-reactive ketones (excluding diaryl/α,β-unsaturated/α-hetero) is 1. The Morgan fingerprint density at radius 1 is 1.31 bits per heavy atom. The van der Waals surface area contributed by atoms with E-state index in [1.807, 2.05) is 0 Å². The second-order valence-electron chi connectivity index (χ2n) is 3.55. The molecule has 1 aromatic rings. The van der Waals surface area contributed by atoms with E-state index in [1.54, 1.807) is 18.2 Å². The van der Waals surface area contributed by atoms with Crippen LogP contribution in [0.5, 0.6) is 0 Å². The summed E-state index contributed by atoms with van der Waals surface area (Å²) in [5, 5.41) is 8.98. The average molecular weight is 222 g/mol. The van der Waals surface area contributed by atoms with Crippen molar-refractivity contribution < 1.29 is 19.4 Å². The van der Waals surface area contributed by atoms with Gasteiger partial charge in [-0.05, 0) is 19.9 Å². The summed E-state index contributed by atoms with van der Waals surface area (Å²) in [6.45, 7) is 2.83. The molecule has 0 aliphatic heterocycles. The summed E-state index contributed by atoms with van der Waals surface area (Å²) in [6.07, 6.45) is -0.714. The predicted molar refractivity (Wildman–Crippen MR) is 58.4 cm³/mol. The number of rotatable bonds is 4. The number of benzene rings is 1. The molecule has 16 heavy (non-hydrogen) atoms. The molecule has 0 saturated heterocycles. The lowest BCUT2D eigenvalue weighted by Gasteiger charge is -2.08. The summed E-state index contributed by atoms with van der Waals surface area (Å²) in [5.74, 6) is -0.781. The highest BCUT2D eigenvalue weighted by atomic mass is 16.5. The summed E-state index contributed by atoms with van der Waals surface area (Å²) in [5.41, 5.74) is 0.564. The van der Waals surface area contributed by atoms with Crippen LogP contribution in [0.25, 0.3) is 0 Å². The number of aliphatic hydroxyl groups excluding tert-OH is 1. The molecule has 1 unspecified atom stereocenters. The highest BCUT2D eigenvalue weighted by molar-refractivity contribution is 6.05. The Morgan fingerprint density at radius 2 is 1.88 bits per heavy atom. The first-order valence-corrected chi connectivity index (χ1v) is 4.97. The first kappa shape index (κ1) is 12.4. The molecule has 1 N–H and O–H groups in total. The van der Waals surface area contributed by atoms with Crippen LogP contribution in [-0.4, -0.2) is 29.6 Å². The molecule has 0 radical (unpaired) electrons. The molecule has 0 saturated carbocycles. The predicted octanol–water partition coefficient (Wildman–Crippen LogP) is 1.43. The van der Waals surface area contributed by atoms with Crippen LogP contribution in [0, 0.1) is 0 Å². The van der Waals surface area contributed by atoms with Crippen LogP contribution in [0.3, 0.4) is 0 Å². The van der Waals surface area contributed by atoms with Gasteiger partial charge in [0.25, 0.3) is 0 Å². The number of aliphatic hydroxyl groups is 1. The van der Waals surface area contributed by atoms with Crippen molar-refractivity contribution in [1.29, 1.82) is 0 Å². The monoisotopic (exact) mass is 222 g/mol. The molecular formula is C12H14O4. The number of esters is 1. The van der Waals surface area contributed by atoms with Crippen molar-refractivity contribution >= 4 is 11.8 Å². The smallest absolute Gasteiger partial charge is 0.338 e. The van der Waals surface area contributed by atoms with E-state index in [1.165, 1.54) is 19.9 Å². The minimum absolute atomic E-state index is 0.0783. The first-order valence-electron chi connectivity index (χ1n) is 4.97. The number of ketones is 1. The van der Waals surface area contributed by atoms with Crippen LogP contribution >= 0.6 is 0 Å². The summed E-state index contributed by atoms with van der Waals surface area (Å²) in [7, 11) is 0. The van der Waals surface area contributed by atoms with Crippen molar-refractivity contribution in [2.24, 2.45) is 0 Å². The number of hydrogen-bond donors (Lipinski definition) is 1. The standard InChI is InChI=1S/C12H14O4/c1-8(13)7-16-12(15)11-6-4-3-5-10(11)9(2)14/h3-6,8,13H,7H2,1-2H3. The van der Waals surface area contributed by atoms with Gasteiger partial charge in [0.15, 0.2) is 5.78 Å². The van der Waals surface area contributed by atoms with Crippen molar-refractivity contribution in [2.75, 3.05) is 6.61 Å². The Balaban J connectivity index is 2.86. The Labute approximate surface area is 93.9 Å². The molecule has 0 fully saturated rings. The maximum Gasteiger partial charge on any atom is 0.338 e. The number of ether oxygens (including phenoxy) is 1. The van der Waals surface area contributed by atoms with Crippen molar-refractivity contribution in [3.8, 4) is 0 Å². The Hall–Kier alpha value is -1.68. The molecule has 1 atom stereocenters. The van der Waals surface area contributed by atoms with Crippen molar-refractivity contribution in [3.63, 3.8) is 0 Å². The molecule has 4 nitrogen and oxygen atoms in total. The van der Waals surface area contributed by atoms with Gasteiger partial charge in [0.2, 0.25) is 0 Å². The largest absolute Gasteiger partial charge is 0.459 e. The molecule has 4 heteroatoms. The van der Waals surface area contributed by atoms with Gasteiger partial charge in [-0.25, -0.2) is 4.79 Å². The van der Waals surface area contributed by atoms with Gasteiger partial charge in [-0.3, -0.25) is 4.79 Å². The second-order valence-corrected chi connectivity index (χ2v) is 3.55. The third-order valence-electron chi connectivity index (χ3n) is 1.98. The first-order chi connectivity index (χ1) is 7.52. The van der Waals surface area contributed by atoms with Gasteiger partial charge in [0, 0.05) is 5.56 Å². The quantitative estimate of drug-likeness (QED) is 0.618. The number of carbonyl (C=O) groups is 2. The topological polar surface area (TPSA) is 63.6 Å². The Kier molecular flexibility index (Phi) is 4.19. The zero-order valence-electron chi connectivity index (χ0n) is 9.27. The molecule has 0 aromatic heterocycles. The van der Waals surface area contributed by atoms with Crippen LogP contribution in [0.4, 0.5) is 0 Å². The fourth-order valence-corrected chi connectivity index (χ4v) is 1.24. The highest BCUT2D eigenvalue weighted by Gasteiger charge is 2.15. The van der Waals surface area contributed by atoms with Crippen molar-refractivity contribution in [2.45, 2.75) is 20.0 Å². The van der Waals surface area contributed by atoms with Crippen LogP contribution < -0.4 is 0 Å². The van der Waals surface area contributed by atoms with Gasteiger partial charge >= 0.3 is 5.97 Å². The minimum atomic E-state index is -0.714. The van der Waals surface area contributed by atoms with E-state index >= 15 is 0 Å². The van der Waals surface area contributed by atoms with Crippen molar-refractivity contribution in [1.82, 2.24) is 0 Å². The van der Waals surface area contributed by atoms with Gasteiger partial charge < -0.3 is 9.84 Å². The fraction of sp³-hybridized carbons (Fsp3) is 0.333.